The molecule has 0 aliphatic rings. The second-order valence-corrected chi connectivity index (χ2v) is 4.57. The normalized spacial score (nSPS) is 11.8. The van der Waals surface area contributed by atoms with Gasteiger partial charge in [-0.15, -0.1) is 0 Å². The molecule has 12 heteroatoms. The molecule has 0 bridgehead atoms. The van der Waals surface area contributed by atoms with Crippen LogP contribution in [0.15, 0.2) is 11.2 Å². The highest BCUT2D eigenvalue weighted by atomic mass is 19.4. The highest BCUT2D eigenvalue weighted by Crippen LogP contribution is 2.38. The molecule has 0 spiro atoms. The minimum Gasteiger partial charge on any atom is -0.483 e. The van der Waals surface area contributed by atoms with E-state index in [1.54, 1.807) is 13.0 Å². The average molecular weight is 380 g/mol. The molecule has 1 aromatic heterocycles. The Hall–Kier alpha value is -3.10. The number of ether oxygens (including phenoxy) is 1. The van der Waals surface area contributed by atoms with Gasteiger partial charge in [-0.25, -0.2) is 22.2 Å². The van der Waals surface area contributed by atoms with Crippen molar-refractivity contribution < 1.29 is 35.5 Å². The van der Waals surface area contributed by atoms with Gasteiger partial charge in [-0.3, -0.25) is 0 Å². The third-order valence-electron chi connectivity index (χ3n) is 3.02. The van der Waals surface area contributed by atoms with Crippen molar-refractivity contribution in [2.24, 2.45) is 4.99 Å². The van der Waals surface area contributed by atoms with E-state index in [1.165, 1.54) is 0 Å². The monoisotopic (exact) mass is 380 g/mol. The lowest BCUT2D eigenvalue weighted by molar-refractivity contribution is -0.143. The molecule has 138 valence electrons. The summed E-state index contributed by atoms with van der Waals surface area (Å²) < 4.78 is 98.5. The van der Waals surface area contributed by atoms with Crippen LogP contribution in [0, 0.1) is 34.6 Å². The van der Waals surface area contributed by atoms with E-state index >= 15 is 0 Å². The SMILES string of the molecule is CCO/C=N/c1c(C#N)cnn1-c1c(F)c(F)c(C(F)(F)F)c(F)c1F. The molecule has 1 heterocycles. The quantitative estimate of drug-likeness (QED) is 0.348. The van der Waals surface area contributed by atoms with Crippen molar-refractivity contribution in [3.63, 3.8) is 0 Å². The summed E-state index contributed by atoms with van der Waals surface area (Å²) in [6, 6.07) is 1.55. The predicted octanol–water partition coefficient (Wildman–Crippen LogP) is 4.02. The molecule has 0 unspecified atom stereocenters. The van der Waals surface area contributed by atoms with Gasteiger partial charge < -0.3 is 4.74 Å². The Kier molecular flexibility index (Phi) is 5.20. The Morgan fingerprint density at radius 2 is 1.77 bits per heavy atom. The van der Waals surface area contributed by atoms with E-state index in [1.807, 2.05) is 0 Å². The van der Waals surface area contributed by atoms with Gasteiger partial charge >= 0.3 is 6.18 Å². The number of nitriles is 1. The predicted molar refractivity (Wildman–Crippen MR) is 72.9 cm³/mol. The molecule has 2 rings (SSSR count). The van der Waals surface area contributed by atoms with Gasteiger partial charge in [0.05, 0.1) is 12.8 Å². The number of halogens is 7. The van der Waals surface area contributed by atoms with Gasteiger partial charge in [0.25, 0.3) is 0 Å². The molecule has 0 radical (unpaired) electrons. The van der Waals surface area contributed by atoms with Crippen LogP contribution in [0.25, 0.3) is 5.69 Å². The molecule has 0 aliphatic heterocycles. The molecule has 0 atom stereocenters. The van der Waals surface area contributed by atoms with Crippen LogP contribution in [-0.4, -0.2) is 22.8 Å². The van der Waals surface area contributed by atoms with E-state index in [9.17, 15) is 30.7 Å². The highest BCUT2D eigenvalue weighted by molar-refractivity contribution is 5.61. The van der Waals surface area contributed by atoms with E-state index in [4.69, 9.17) is 10.00 Å². The maximum Gasteiger partial charge on any atom is 0.422 e. The molecular weight excluding hydrogens is 373 g/mol. The van der Waals surface area contributed by atoms with Gasteiger partial charge in [-0.05, 0) is 6.92 Å². The van der Waals surface area contributed by atoms with Crippen molar-refractivity contribution in [1.82, 2.24) is 9.78 Å². The largest absolute Gasteiger partial charge is 0.483 e. The van der Waals surface area contributed by atoms with Gasteiger partial charge in [0, 0.05) is 0 Å². The number of hydrogen-bond acceptors (Lipinski definition) is 4. The molecule has 0 saturated heterocycles. The molecule has 0 N–H and O–H groups in total. The molecule has 0 saturated carbocycles. The van der Waals surface area contributed by atoms with Crippen LogP contribution in [-0.2, 0) is 10.9 Å². The first-order valence-corrected chi connectivity index (χ1v) is 6.70. The Morgan fingerprint density at radius 3 is 2.23 bits per heavy atom. The summed E-state index contributed by atoms with van der Waals surface area (Å²) >= 11 is 0. The van der Waals surface area contributed by atoms with Gasteiger partial charge in [0.1, 0.15) is 22.9 Å². The third-order valence-corrected chi connectivity index (χ3v) is 3.02. The molecule has 0 amide bonds. The third kappa shape index (κ3) is 3.19. The number of aromatic nitrogens is 2. The molecular formula is C14H7F7N4O. The smallest absolute Gasteiger partial charge is 0.422 e. The Labute approximate surface area is 140 Å². The van der Waals surface area contributed by atoms with Crippen LogP contribution in [0.5, 0.6) is 0 Å². The lowest BCUT2D eigenvalue weighted by Crippen LogP contribution is -2.18. The summed E-state index contributed by atoms with van der Waals surface area (Å²) in [6.45, 7) is 1.69. The summed E-state index contributed by atoms with van der Waals surface area (Å²) in [6.07, 6.45) is -4.15. The van der Waals surface area contributed by atoms with Gasteiger partial charge in [-0.2, -0.15) is 28.5 Å². The zero-order valence-corrected chi connectivity index (χ0v) is 12.7. The summed E-state index contributed by atoms with van der Waals surface area (Å²) in [7, 11) is 0. The fourth-order valence-corrected chi connectivity index (χ4v) is 1.93. The first kappa shape index (κ1) is 19.2. The van der Waals surface area contributed by atoms with Crippen molar-refractivity contribution in [2.75, 3.05) is 6.61 Å². The molecule has 26 heavy (non-hydrogen) atoms. The first-order valence-electron chi connectivity index (χ1n) is 6.70. The Bertz CT molecular complexity index is 882. The first-order chi connectivity index (χ1) is 12.1. The Morgan fingerprint density at radius 1 is 1.19 bits per heavy atom. The Balaban J connectivity index is 2.80. The fraction of sp³-hybridized carbons (Fsp3) is 0.214. The van der Waals surface area contributed by atoms with E-state index in [-0.39, 0.29) is 16.9 Å². The van der Waals surface area contributed by atoms with Crippen LogP contribution >= 0.6 is 0 Å². The van der Waals surface area contributed by atoms with Crippen LogP contribution in [0.4, 0.5) is 36.6 Å². The standard InChI is InChI=1S/C14H7F7N4O/c1-2-26-5-23-13-6(3-22)4-24-25(13)12-10(17)8(15)7(14(19,20)21)9(16)11(12)18/h4-5H,2H2,1H3/b23-5+. The number of benzene rings is 1. The minimum absolute atomic E-state index is 0.131. The maximum atomic E-state index is 14.1. The lowest BCUT2D eigenvalue weighted by Gasteiger charge is -2.14. The van der Waals surface area contributed by atoms with E-state index in [0.29, 0.717) is 0 Å². The molecule has 2 aromatic rings. The van der Waals surface area contributed by atoms with Crippen molar-refractivity contribution in [3.8, 4) is 11.8 Å². The number of aliphatic imine (C=N–C) groups is 1. The van der Waals surface area contributed by atoms with Crippen molar-refractivity contribution >= 4 is 12.2 Å². The minimum atomic E-state index is -5.67. The van der Waals surface area contributed by atoms with Crippen LogP contribution in [0.3, 0.4) is 0 Å². The van der Waals surface area contributed by atoms with E-state index in [0.717, 1.165) is 12.6 Å². The van der Waals surface area contributed by atoms with Gasteiger partial charge in [0.2, 0.25) is 0 Å². The zero-order valence-electron chi connectivity index (χ0n) is 12.7. The summed E-state index contributed by atoms with van der Waals surface area (Å²) in [5.74, 6) is -10.6. The van der Waals surface area contributed by atoms with Gasteiger partial charge in [0.15, 0.2) is 35.5 Å². The molecule has 5 nitrogen and oxygen atoms in total. The number of rotatable bonds is 4. The average Bonchev–Trinajstić information content (AvgIpc) is 2.95. The topological polar surface area (TPSA) is 63.2 Å². The maximum absolute atomic E-state index is 14.1. The summed E-state index contributed by atoms with van der Waals surface area (Å²) in [5.41, 5.74) is -4.69. The van der Waals surface area contributed by atoms with Crippen LogP contribution < -0.4 is 0 Å². The molecule has 1 aromatic carbocycles. The second kappa shape index (κ2) is 7.03. The van der Waals surface area contributed by atoms with Crippen molar-refractivity contribution in [3.05, 3.63) is 40.6 Å². The van der Waals surface area contributed by atoms with Crippen molar-refractivity contribution in [1.29, 1.82) is 5.26 Å². The number of hydrogen-bond donors (Lipinski definition) is 0. The van der Waals surface area contributed by atoms with Gasteiger partial charge in [-0.1, -0.05) is 0 Å². The number of nitrogens with zero attached hydrogens (tertiary/aromatic N) is 4. The van der Waals surface area contributed by atoms with Crippen LogP contribution in [0.2, 0.25) is 0 Å². The highest BCUT2D eigenvalue weighted by Gasteiger charge is 2.43. The van der Waals surface area contributed by atoms with Crippen LogP contribution in [0.1, 0.15) is 18.1 Å². The molecule has 0 aliphatic carbocycles. The zero-order chi connectivity index (χ0) is 19.6. The summed E-state index contributed by atoms with van der Waals surface area (Å²) in [4.78, 5) is 3.55. The summed E-state index contributed by atoms with van der Waals surface area (Å²) in [5, 5.41) is 12.3. The lowest BCUT2D eigenvalue weighted by atomic mass is 10.1. The number of alkyl halides is 3. The fourth-order valence-electron chi connectivity index (χ4n) is 1.93. The second-order valence-electron chi connectivity index (χ2n) is 4.57. The molecule has 0 fully saturated rings. The van der Waals surface area contributed by atoms with E-state index < -0.39 is 46.5 Å². The van der Waals surface area contributed by atoms with Crippen molar-refractivity contribution in [2.45, 2.75) is 13.1 Å². The van der Waals surface area contributed by atoms with E-state index in [2.05, 4.69) is 10.1 Å².